The van der Waals surface area contributed by atoms with Crippen LogP contribution in [0, 0.1) is 20.8 Å². The van der Waals surface area contributed by atoms with Crippen LogP contribution >= 0.6 is 11.8 Å². The van der Waals surface area contributed by atoms with Crippen LogP contribution in [0.2, 0.25) is 0 Å². The van der Waals surface area contributed by atoms with Gasteiger partial charge >= 0.3 is 0 Å². The summed E-state index contributed by atoms with van der Waals surface area (Å²) < 4.78 is 1.65. The second-order valence-electron chi connectivity index (χ2n) is 6.81. The molecule has 0 aliphatic rings. The first-order valence-corrected chi connectivity index (χ1v) is 10.1. The highest BCUT2D eigenvalue weighted by Crippen LogP contribution is 2.25. The van der Waals surface area contributed by atoms with Crippen LogP contribution in [0.15, 0.2) is 47.6 Å². The molecule has 0 unspecified atom stereocenters. The normalized spacial score (nSPS) is 10.7. The zero-order valence-electron chi connectivity index (χ0n) is 16.6. The zero-order chi connectivity index (χ0) is 21.0. The van der Waals surface area contributed by atoms with Gasteiger partial charge < -0.3 is 11.1 Å². The van der Waals surface area contributed by atoms with Gasteiger partial charge in [0.05, 0.1) is 5.75 Å². The molecule has 3 rings (SSSR count). The van der Waals surface area contributed by atoms with Crippen molar-refractivity contribution in [1.82, 2.24) is 14.8 Å². The highest BCUT2D eigenvalue weighted by molar-refractivity contribution is 7.99. The Balaban J connectivity index is 1.77. The Morgan fingerprint density at radius 2 is 1.86 bits per heavy atom. The predicted molar refractivity (Wildman–Crippen MR) is 115 cm³/mol. The summed E-state index contributed by atoms with van der Waals surface area (Å²) in [6, 6.07) is 13.5. The SMILES string of the molecule is Cc1cccc(-c2nnc(SCC(=O)Nc3cccc(C)c3C)n2CC(N)=O)c1. The van der Waals surface area contributed by atoms with Crippen molar-refractivity contribution in [3.8, 4) is 11.4 Å². The highest BCUT2D eigenvalue weighted by atomic mass is 32.2. The molecule has 0 aliphatic heterocycles. The average Bonchev–Trinajstić information content (AvgIpc) is 3.05. The number of rotatable bonds is 7. The molecule has 150 valence electrons. The van der Waals surface area contributed by atoms with Crippen LogP contribution in [-0.2, 0) is 16.1 Å². The predicted octanol–water partition coefficient (Wildman–Crippen LogP) is 3.09. The fraction of sp³-hybridized carbons (Fsp3) is 0.238. The van der Waals surface area contributed by atoms with Gasteiger partial charge in [0.2, 0.25) is 11.8 Å². The van der Waals surface area contributed by atoms with Crippen molar-refractivity contribution in [1.29, 1.82) is 0 Å². The molecule has 1 heterocycles. The number of amides is 2. The van der Waals surface area contributed by atoms with Crippen molar-refractivity contribution in [2.45, 2.75) is 32.5 Å². The van der Waals surface area contributed by atoms with Gasteiger partial charge in [0.15, 0.2) is 11.0 Å². The van der Waals surface area contributed by atoms with Crippen molar-refractivity contribution in [3.05, 3.63) is 59.2 Å². The molecule has 0 saturated carbocycles. The zero-order valence-corrected chi connectivity index (χ0v) is 17.4. The van der Waals surface area contributed by atoms with Gasteiger partial charge in [-0.05, 0) is 44.0 Å². The minimum atomic E-state index is -0.500. The number of hydrogen-bond acceptors (Lipinski definition) is 5. The number of nitrogens with zero attached hydrogens (tertiary/aromatic N) is 3. The van der Waals surface area contributed by atoms with Gasteiger partial charge in [0.25, 0.3) is 0 Å². The lowest BCUT2D eigenvalue weighted by molar-refractivity contribution is -0.118. The summed E-state index contributed by atoms with van der Waals surface area (Å²) in [5, 5.41) is 11.8. The number of carbonyl (C=O) groups is 2. The van der Waals surface area contributed by atoms with Crippen molar-refractivity contribution in [2.24, 2.45) is 5.73 Å². The Hall–Kier alpha value is -3.13. The molecule has 0 spiro atoms. The molecule has 2 aromatic carbocycles. The number of aryl methyl sites for hydroxylation is 2. The number of anilines is 1. The smallest absolute Gasteiger partial charge is 0.237 e. The number of nitrogens with two attached hydrogens (primary N) is 1. The van der Waals surface area contributed by atoms with Crippen LogP contribution in [0.5, 0.6) is 0 Å². The van der Waals surface area contributed by atoms with Crippen LogP contribution in [-0.4, -0.2) is 32.3 Å². The first-order chi connectivity index (χ1) is 13.8. The minimum Gasteiger partial charge on any atom is -0.368 e. The number of benzene rings is 2. The quantitative estimate of drug-likeness (QED) is 0.584. The maximum atomic E-state index is 12.4. The summed E-state index contributed by atoms with van der Waals surface area (Å²) in [5.74, 6) is 0.0257. The van der Waals surface area contributed by atoms with E-state index in [1.807, 2.05) is 63.2 Å². The number of thioether (sulfide) groups is 1. The molecule has 3 aromatic rings. The van der Waals surface area contributed by atoms with Crippen LogP contribution in [0.4, 0.5) is 5.69 Å². The van der Waals surface area contributed by atoms with E-state index in [1.54, 1.807) is 4.57 Å². The Morgan fingerprint density at radius 3 is 2.59 bits per heavy atom. The summed E-state index contributed by atoms with van der Waals surface area (Å²) in [5.41, 5.74) is 10.2. The lowest BCUT2D eigenvalue weighted by Crippen LogP contribution is -2.20. The monoisotopic (exact) mass is 409 g/mol. The third-order valence-corrected chi connectivity index (χ3v) is 5.48. The molecule has 0 radical (unpaired) electrons. The molecule has 29 heavy (non-hydrogen) atoms. The lowest BCUT2D eigenvalue weighted by atomic mass is 10.1. The first kappa shape index (κ1) is 20.6. The maximum Gasteiger partial charge on any atom is 0.237 e. The fourth-order valence-electron chi connectivity index (χ4n) is 2.89. The molecule has 0 saturated heterocycles. The number of hydrogen-bond donors (Lipinski definition) is 2. The Bertz CT molecular complexity index is 1060. The van der Waals surface area contributed by atoms with E-state index in [0.29, 0.717) is 11.0 Å². The molecule has 0 atom stereocenters. The van der Waals surface area contributed by atoms with Gasteiger partial charge in [-0.25, -0.2) is 0 Å². The van der Waals surface area contributed by atoms with E-state index in [0.717, 1.165) is 27.9 Å². The number of carbonyl (C=O) groups excluding carboxylic acids is 2. The third-order valence-electron chi connectivity index (χ3n) is 4.52. The van der Waals surface area contributed by atoms with Gasteiger partial charge in [-0.15, -0.1) is 10.2 Å². The van der Waals surface area contributed by atoms with E-state index in [1.165, 1.54) is 11.8 Å². The average molecular weight is 410 g/mol. The number of primary amides is 1. The van der Waals surface area contributed by atoms with Crippen molar-refractivity contribution >= 4 is 29.3 Å². The molecule has 0 fully saturated rings. The Labute approximate surface area is 173 Å². The van der Waals surface area contributed by atoms with Crippen LogP contribution in [0.1, 0.15) is 16.7 Å². The van der Waals surface area contributed by atoms with Crippen LogP contribution < -0.4 is 11.1 Å². The van der Waals surface area contributed by atoms with E-state index in [2.05, 4.69) is 15.5 Å². The largest absolute Gasteiger partial charge is 0.368 e. The van der Waals surface area contributed by atoms with Crippen molar-refractivity contribution in [2.75, 3.05) is 11.1 Å². The van der Waals surface area contributed by atoms with Gasteiger partial charge in [0.1, 0.15) is 6.54 Å². The van der Waals surface area contributed by atoms with Gasteiger partial charge in [-0.3, -0.25) is 14.2 Å². The molecule has 1 aromatic heterocycles. The molecular weight excluding hydrogens is 386 g/mol. The van der Waals surface area contributed by atoms with Gasteiger partial charge in [-0.2, -0.15) is 0 Å². The van der Waals surface area contributed by atoms with Gasteiger partial charge in [-0.1, -0.05) is 47.7 Å². The molecule has 0 bridgehead atoms. The Morgan fingerprint density at radius 1 is 1.10 bits per heavy atom. The van der Waals surface area contributed by atoms with Gasteiger partial charge in [0, 0.05) is 11.3 Å². The van der Waals surface area contributed by atoms with E-state index in [9.17, 15) is 9.59 Å². The second kappa shape index (κ2) is 8.91. The fourth-order valence-corrected chi connectivity index (χ4v) is 3.63. The number of aromatic nitrogens is 3. The molecule has 2 amide bonds. The van der Waals surface area contributed by atoms with Crippen molar-refractivity contribution in [3.63, 3.8) is 0 Å². The number of nitrogens with one attached hydrogen (secondary N) is 1. The summed E-state index contributed by atoms with van der Waals surface area (Å²) in [6.07, 6.45) is 0. The molecule has 7 nitrogen and oxygen atoms in total. The molecular formula is C21H23N5O2S. The lowest BCUT2D eigenvalue weighted by Gasteiger charge is -2.11. The topological polar surface area (TPSA) is 103 Å². The summed E-state index contributed by atoms with van der Waals surface area (Å²) in [6.45, 7) is 5.89. The van der Waals surface area contributed by atoms with Crippen molar-refractivity contribution < 1.29 is 9.59 Å². The summed E-state index contributed by atoms with van der Waals surface area (Å²) >= 11 is 1.22. The maximum absolute atomic E-state index is 12.4. The molecule has 3 N–H and O–H groups in total. The highest BCUT2D eigenvalue weighted by Gasteiger charge is 2.17. The summed E-state index contributed by atoms with van der Waals surface area (Å²) in [4.78, 5) is 24.0. The van der Waals surface area contributed by atoms with Crippen LogP contribution in [0.25, 0.3) is 11.4 Å². The van der Waals surface area contributed by atoms with E-state index >= 15 is 0 Å². The first-order valence-electron chi connectivity index (χ1n) is 9.12. The third kappa shape index (κ3) is 5.03. The second-order valence-corrected chi connectivity index (χ2v) is 7.75. The molecule has 0 aliphatic carbocycles. The standard InChI is InChI=1S/C21H23N5O2S/c1-13-6-4-8-16(10-13)20-24-25-21(26(20)11-18(22)27)29-12-19(28)23-17-9-5-7-14(2)15(17)3/h4-10H,11-12H2,1-3H3,(H2,22,27)(H,23,28). The van der Waals surface area contributed by atoms with E-state index in [4.69, 9.17) is 5.73 Å². The van der Waals surface area contributed by atoms with Crippen LogP contribution in [0.3, 0.4) is 0 Å². The minimum absolute atomic E-state index is 0.0583. The summed E-state index contributed by atoms with van der Waals surface area (Å²) in [7, 11) is 0. The van der Waals surface area contributed by atoms with E-state index < -0.39 is 5.91 Å². The van der Waals surface area contributed by atoms with E-state index in [-0.39, 0.29) is 18.2 Å². The molecule has 8 heteroatoms. The Kier molecular flexibility index (Phi) is 6.33.